The number of amides is 1. The highest BCUT2D eigenvalue weighted by Crippen LogP contribution is 2.16. The maximum absolute atomic E-state index is 12.0. The van der Waals surface area contributed by atoms with Crippen LogP contribution in [0.25, 0.3) is 0 Å². The van der Waals surface area contributed by atoms with Crippen LogP contribution < -0.4 is 15.4 Å². The average Bonchev–Trinajstić information content (AvgIpc) is 2.55. The molecule has 0 aliphatic heterocycles. The zero-order valence-electron chi connectivity index (χ0n) is 14.0. The van der Waals surface area contributed by atoms with E-state index in [1.54, 1.807) is 0 Å². The molecule has 0 bridgehead atoms. The van der Waals surface area contributed by atoms with Gasteiger partial charge in [-0.25, -0.2) is 0 Å². The van der Waals surface area contributed by atoms with Crippen LogP contribution >= 0.6 is 0 Å². The van der Waals surface area contributed by atoms with E-state index in [-0.39, 0.29) is 12.5 Å². The molecule has 4 nitrogen and oxygen atoms in total. The van der Waals surface area contributed by atoms with Gasteiger partial charge in [0.1, 0.15) is 5.75 Å². The molecule has 0 aliphatic carbocycles. The van der Waals surface area contributed by atoms with Crippen LogP contribution in [0.5, 0.6) is 5.75 Å². The summed E-state index contributed by atoms with van der Waals surface area (Å²) in [6.45, 7) is 7.10. The molecule has 4 heteroatoms. The zero-order chi connectivity index (χ0) is 16.7. The Hall–Kier alpha value is -2.49. The highest BCUT2D eigenvalue weighted by atomic mass is 16.5. The third kappa shape index (κ3) is 5.33. The normalized spacial score (nSPS) is 10.2. The van der Waals surface area contributed by atoms with Crippen LogP contribution in [0.2, 0.25) is 0 Å². The van der Waals surface area contributed by atoms with Gasteiger partial charge in [-0.1, -0.05) is 13.0 Å². The molecule has 0 saturated heterocycles. The molecule has 23 heavy (non-hydrogen) atoms. The number of anilines is 2. The molecule has 0 aliphatic rings. The molecular weight excluding hydrogens is 288 g/mol. The molecule has 0 spiro atoms. The molecule has 122 valence electrons. The summed E-state index contributed by atoms with van der Waals surface area (Å²) in [5.74, 6) is 0.775. The summed E-state index contributed by atoms with van der Waals surface area (Å²) < 4.78 is 5.53. The van der Waals surface area contributed by atoms with Gasteiger partial charge in [-0.3, -0.25) is 4.79 Å². The summed E-state index contributed by atoms with van der Waals surface area (Å²) in [6, 6.07) is 13.5. The summed E-state index contributed by atoms with van der Waals surface area (Å²) in [6.07, 6.45) is 0.985. The van der Waals surface area contributed by atoms with Gasteiger partial charge in [0.05, 0.1) is 13.2 Å². The first-order valence-corrected chi connectivity index (χ1v) is 7.92. The SMILES string of the molecule is CCCOc1ccc(NCC(=O)Nc2ccc(C)c(C)c2)cc1. The van der Waals surface area contributed by atoms with Crippen LogP contribution in [0.1, 0.15) is 24.5 Å². The smallest absolute Gasteiger partial charge is 0.243 e. The highest BCUT2D eigenvalue weighted by molar-refractivity contribution is 5.93. The minimum Gasteiger partial charge on any atom is -0.494 e. The average molecular weight is 312 g/mol. The molecule has 0 fully saturated rings. The maximum Gasteiger partial charge on any atom is 0.243 e. The topological polar surface area (TPSA) is 50.4 Å². The van der Waals surface area contributed by atoms with Crippen molar-refractivity contribution in [3.05, 3.63) is 53.6 Å². The molecular formula is C19H24N2O2. The molecule has 0 heterocycles. The Bertz CT molecular complexity index is 651. The summed E-state index contributed by atoms with van der Waals surface area (Å²) in [7, 11) is 0. The second-order valence-electron chi connectivity index (χ2n) is 5.57. The predicted octanol–water partition coefficient (Wildman–Crippen LogP) is 4.14. The third-order valence-corrected chi connectivity index (χ3v) is 3.57. The molecule has 0 saturated carbocycles. The van der Waals surface area contributed by atoms with Crippen molar-refractivity contribution in [2.24, 2.45) is 0 Å². The number of aryl methyl sites for hydroxylation is 2. The van der Waals surface area contributed by atoms with Crippen LogP contribution in [-0.2, 0) is 4.79 Å². The van der Waals surface area contributed by atoms with E-state index in [1.165, 1.54) is 11.1 Å². The molecule has 0 aromatic heterocycles. The Labute approximate surface area is 137 Å². The number of ether oxygens (including phenoxy) is 1. The lowest BCUT2D eigenvalue weighted by Crippen LogP contribution is -2.21. The number of benzene rings is 2. The van der Waals surface area contributed by atoms with Crippen LogP contribution in [0.4, 0.5) is 11.4 Å². The van der Waals surface area contributed by atoms with E-state index < -0.39 is 0 Å². The van der Waals surface area contributed by atoms with Gasteiger partial charge in [0.25, 0.3) is 0 Å². The molecule has 2 rings (SSSR count). The summed E-state index contributed by atoms with van der Waals surface area (Å²) in [5, 5.41) is 6.00. The van der Waals surface area contributed by atoms with Gasteiger partial charge < -0.3 is 15.4 Å². The first-order chi connectivity index (χ1) is 11.1. The summed E-state index contributed by atoms with van der Waals surface area (Å²) >= 11 is 0. The fraction of sp³-hybridized carbons (Fsp3) is 0.316. The summed E-state index contributed by atoms with van der Waals surface area (Å²) in [5.41, 5.74) is 4.09. The Kier molecular flexibility index (Phi) is 6.03. The lowest BCUT2D eigenvalue weighted by atomic mass is 10.1. The van der Waals surface area contributed by atoms with E-state index >= 15 is 0 Å². The minimum atomic E-state index is -0.0698. The van der Waals surface area contributed by atoms with Crippen LogP contribution in [0.3, 0.4) is 0 Å². The van der Waals surface area contributed by atoms with Crippen molar-refractivity contribution in [1.82, 2.24) is 0 Å². The van der Waals surface area contributed by atoms with Crippen molar-refractivity contribution >= 4 is 17.3 Å². The molecule has 0 unspecified atom stereocenters. The molecule has 2 aromatic rings. The number of hydrogen-bond donors (Lipinski definition) is 2. The predicted molar refractivity (Wildman–Crippen MR) is 95.3 cm³/mol. The third-order valence-electron chi connectivity index (χ3n) is 3.57. The van der Waals surface area contributed by atoms with Gasteiger partial charge in [0.15, 0.2) is 0 Å². The molecule has 0 radical (unpaired) electrons. The molecule has 2 N–H and O–H groups in total. The van der Waals surface area contributed by atoms with E-state index in [0.717, 1.165) is 23.5 Å². The fourth-order valence-electron chi connectivity index (χ4n) is 2.10. The van der Waals surface area contributed by atoms with E-state index in [0.29, 0.717) is 6.61 Å². The van der Waals surface area contributed by atoms with Crippen LogP contribution in [0.15, 0.2) is 42.5 Å². The lowest BCUT2D eigenvalue weighted by Gasteiger charge is -2.10. The Morgan fingerprint density at radius 2 is 1.70 bits per heavy atom. The van der Waals surface area contributed by atoms with Gasteiger partial charge in [0.2, 0.25) is 5.91 Å². The van der Waals surface area contributed by atoms with Crippen molar-refractivity contribution in [3.63, 3.8) is 0 Å². The monoisotopic (exact) mass is 312 g/mol. The van der Waals surface area contributed by atoms with Gasteiger partial charge >= 0.3 is 0 Å². The van der Waals surface area contributed by atoms with Crippen molar-refractivity contribution in [1.29, 1.82) is 0 Å². The largest absolute Gasteiger partial charge is 0.494 e. The Morgan fingerprint density at radius 3 is 2.35 bits per heavy atom. The van der Waals surface area contributed by atoms with Gasteiger partial charge in [-0.2, -0.15) is 0 Å². The van der Waals surface area contributed by atoms with E-state index in [9.17, 15) is 4.79 Å². The van der Waals surface area contributed by atoms with E-state index in [2.05, 4.69) is 24.5 Å². The maximum atomic E-state index is 12.0. The van der Waals surface area contributed by atoms with E-state index in [1.807, 2.05) is 49.4 Å². The molecule has 2 aromatic carbocycles. The van der Waals surface area contributed by atoms with Crippen LogP contribution in [-0.4, -0.2) is 19.1 Å². The fourth-order valence-corrected chi connectivity index (χ4v) is 2.10. The van der Waals surface area contributed by atoms with Gasteiger partial charge in [-0.15, -0.1) is 0 Å². The number of carbonyl (C=O) groups is 1. The lowest BCUT2D eigenvalue weighted by molar-refractivity contribution is -0.114. The summed E-state index contributed by atoms with van der Waals surface area (Å²) in [4.78, 5) is 12.0. The highest BCUT2D eigenvalue weighted by Gasteiger charge is 2.03. The van der Waals surface area contributed by atoms with Crippen molar-refractivity contribution < 1.29 is 9.53 Å². The Morgan fingerprint density at radius 1 is 1.00 bits per heavy atom. The van der Waals surface area contributed by atoms with Crippen molar-refractivity contribution in [3.8, 4) is 5.75 Å². The standard InChI is InChI=1S/C19H24N2O2/c1-4-11-23-18-9-7-16(8-10-18)20-13-19(22)21-17-6-5-14(2)15(3)12-17/h5-10,12,20H,4,11,13H2,1-3H3,(H,21,22). The van der Waals surface area contributed by atoms with E-state index in [4.69, 9.17) is 4.74 Å². The minimum absolute atomic E-state index is 0.0698. The number of rotatable bonds is 7. The second kappa shape index (κ2) is 8.22. The second-order valence-corrected chi connectivity index (χ2v) is 5.57. The first-order valence-electron chi connectivity index (χ1n) is 7.92. The van der Waals surface area contributed by atoms with Crippen molar-refractivity contribution in [2.75, 3.05) is 23.8 Å². The van der Waals surface area contributed by atoms with Crippen LogP contribution in [0, 0.1) is 13.8 Å². The Balaban J connectivity index is 1.82. The molecule has 1 amide bonds. The number of hydrogen-bond acceptors (Lipinski definition) is 3. The van der Waals surface area contributed by atoms with Gasteiger partial charge in [0, 0.05) is 11.4 Å². The van der Waals surface area contributed by atoms with Gasteiger partial charge in [-0.05, 0) is 67.8 Å². The van der Waals surface area contributed by atoms with Crippen molar-refractivity contribution in [2.45, 2.75) is 27.2 Å². The number of carbonyl (C=O) groups excluding carboxylic acids is 1. The first kappa shape index (κ1) is 16.9. The number of nitrogens with one attached hydrogen (secondary N) is 2. The molecule has 0 atom stereocenters. The quantitative estimate of drug-likeness (QED) is 0.808. The zero-order valence-corrected chi connectivity index (χ0v) is 14.0.